The molecule has 1 fully saturated rings. The monoisotopic (exact) mass is 297 g/mol. The average molecular weight is 297 g/mol. The molecule has 0 aliphatic heterocycles. The minimum Gasteiger partial charge on any atom is -0.383 e. The molecule has 20 heavy (non-hydrogen) atoms. The van der Waals surface area contributed by atoms with Gasteiger partial charge in [0.25, 0.3) is 0 Å². The first-order valence-corrected chi connectivity index (χ1v) is 8.18. The van der Waals surface area contributed by atoms with Crippen molar-refractivity contribution in [1.29, 1.82) is 0 Å². The first kappa shape index (κ1) is 15.7. The normalized spacial score (nSPS) is 15.7. The zero-order valence-corrected chi connectivity index (χ0v) is 14.1. The first-order chi connectivity index (χ1) is 9.43. The summed E-state index contributed by atoms with van der Waals surface area (Å²) in [6, 6.07) is 0.711. The summed E-state index contributed by atoms with van der Waals surface area (Å²) in [5, 5.41) is 4.61. The van der Waals surface area contributed by atoms with E-state index in [-0.39, 0.29) is 5.41 Å². The molecule has 1 aliphatic rings. The van der Waals surface area contributed by atoms with Crippen molar-refractivity contribution in [3.8, 4) is 0 Å². The molecule has 1 saturated carbocycles. The minimum atomic E-state index is 0.0947. The molecule has 1 aromatic heterocycles. The van der Waals surface area contributed by atoms with Crippen LogP contribution in [0.1, 0.15) is 44.2 Å². The predicted molar refractivity (Wildman–Crippen MR) is 85.8 cm³/mol. The highest BCUT2D eigenvalue weighted by molar-refractivity contribution is 7.15. The lowest BCUT2D eigenvalue weighted by Crippen LogP contribution is -2.22. The van der Waals surface area contributed by atoms with E-state index in [9.17, 15) is 0 Å². The Balaban J connectivity index is 2.10. The molecule has 1 aliphatic carbocycles. The van der Waals surface area contributed by atoms with Gasteiger partial charge in [-0.2, -0.15) is 0 Å². The molecule has 1 N–H and O–H groups in total. The van der Waals surface area contributed by atoms with Gasteiger partial charge in [-0.15, -0.1) is 11.3 Å². The van der Waals surface area contributed by atoms with E-state index >= 15 is 0 Å². The van der Waals surface area contributed by atoms with Crippen molar-refractivity contribution in [2.24, 2.45) is 0 Å². The molecule has 0 aromatic carbocycles. The first-order valence-electron chi connectivity index (χ1n) is 7.36. The number of anilines is 1. The molecule has 0 radical (unpaired) electrons. The van der Waals surface area contributed by atoms with E-state index in [1.165, 1.54) is 28.5 Å². The summed E-state index contributed by atoms with van der Waals surface area (Å²) in [7, 11) is 3.91. The van der Waals surface area contributed by atoms with Crippen LogP contribution in [0.15, 0.2) is 0 Å². The standard InChI is InChI=1S/C15H27N3OS/c1-15(2,3)13-12(10-16-8-9-19-5)20-14(17-13)18(4)11-6-7-11/h11,16H,6-10H2,1-5H3. The van der Waals surface area contributed by atoms with Crippen molar-refractivity contribution in [3.05, 3.63) is 10.6 Å². The Bertz CT molecular complexity index is 435. The fourth-order valence-electron chi connectivity index (χ4n) is 2.19. The van der Waals surface area contributed by atoms with E-state index < -0.39 is 0 Å². The van der Waals surface area contributed by atoms with Gasteiger partial charge in [-0.05, 0) is 12.8 Å². The summed E-state index contributed by atoms with van der Waals surface area (Å²) in [6.45, 7) is 9.22. The lowest BCUT2D eigenvalue weighted by Gasteiger charge is -2.18. The van der Waals surface area contributed by atoms with E-state index in [0.717, 1.165) is 19.7 Å². The Kier molecular flexibility index (Phi) is 5.04. The summed E-state index contributed by atoms with van der Waals surface area (Å²) in [5.74, 6) is 0. The molecule has 0 saturated heterocycles. The molecule has 1 aromatic rings. The topological polar surface area (TPSA) is 37.4 Å². The van der Waals surface area contributed by atoms with Crippen molar-refractivity contribution in [2.45, 2.75) is 51.6 Å². The minimum absolute atomic E-state index is 0.0947. The van der Waals surface area contributed by atoms with Gasteiger partial charge in [-0.3, -0.25) is 0 Å². The van der Waals surface area contributed by atoms with Gasteiger partial charge in [-0.25, -0.2) is 4.98 Å². The predicted octanol–water partition coefficient (Wildman–Crippen LogP) is 2.78. The van der Waals surface area contributed by atoms with Crippen LogP contribution in [0.5, 0.6) is 0 Å². The maximum Gasteiger partial charge on any atom is 0.185 e. The maximum absolute atomic E-state index is 5.08. The highest BCUT2D eigenvalue weighted by Crippen LogP contribution is 2.37. The number of nitrogens with one attached hydrogen (secondary N) is 1. The van der Waals surface area contributed by atoms with Crippen LogP contribution in [0.2, 0.25) is 0 Å². The van der Waals surface area contributed by atoms with Gasteiger partial charge in [0, 0.05) is 43.6 Å². The van der Waals surface area contributed by atoms with Crippen LogP contribution < -0.4 is 10.2 Å². The highest BCUT2D eigenvalue weighted by Gasteiger charge is 2.30. The second-order valence-corrected chi connectivity index (χ2v) is 7.59. The highest BCUT2D eigenvalue weighted by atomic mass is 32.1. The number of thiazole rings is 1. The van der Waals surface area contributed by atoms with Crippen LogP contribution in [-0.2, 0) is 16.7 Å². The van der Waals surface area contributed by atoms with Gasteiger partial charge in [0.2, 0.25) is 0 Å². The summed E-state index contributed by atoms with van der Waals surface area (Å²) < 4.78 is 5.08. The fourth-order valence-corrected chi connectivity index (χ4v) is 3.46. The second-order valence-electron chi connectivity index (χ2n) is 6.53. The van der Waals surface area contributed by atoms with Gasteiger partial charge in [-0.1, -0.05) is 20.8 Å². The third-order valence-electron chi connectivity index (χ3n) is 3.56. The lowest BCUT2D eigenvalue weighted by atomic mass is 9.91. The summed E-state index contributed by atoms with van der Waals surface area (Å²) in [4.78, 5) is 8.62. The number of aromatic nitrogens is 1. The Morgan fingerprint density at radius 1 is 1.40 bits per heavy atom. The molecule has 0 bridgehead atoms. The zero-order chi connectivity index (χ0) is 14.8. The van der Waals surface area contributed by atoms with Crippen molar-refractivity contribution in [1.82, 2.24) is 10.3 Å². The van der Waals surface area contributed by atoms with Crippen LogP contribution in [0.4, 0.5) is 5.13 Å². The quantitative estimate of drug-likeness (QED) is 0.785. The van der Waals surface area contributed by atoms with Crippen molar-refractivity contribution in [3.63, 3.8) is 0 Å². The van der Waals surface area contributed by atoms with Crippen molar-refractivity contribution < 1.29 is 4.74 Å². The van der Waals surface area contributed by atoms with Crippen molar-refractivity contribution >= 4 is 16.5 Å². The van der Waals surface area contributed by atoms with Gasteiger partial charge in [0.05, 0.1) is 12.3 Å². The Morgan fingerprint density at radius 2 is 2.10 bits per heavy atom. The number of ether oxygens (including phenoxy) is 1. The number of methoxy groups -OCH3 is 1. The third-order valence-corrected chi connectivity index (χ3v) is 4.71. The second kappa shape index (κ2) is 6.41. The third kappa shape index (κ3) is 3.93. The van der Waals surface area contributed by atoms with Crippen LogP contribution in [0.25, 0.3) is 0 Å². The molecule has 114 valence electrons. The largest absolute Gasteiger partial charge is 0.383 e. The van der Waals surface area contributed by atoms with E-state index in [2.05, 4.69) is 38.0 Å². The van der Waals surface area contributed by atoms with Crippen LogP contribution in [0, 0.1) is 0 Å². The molecule has 0 spiro atoms. The van der Waals surface area contributed by atoms with E-state index in [0.29, 0.717) is 6.04 Å². The number of nitrogens with zero attached hydrogens (tertiary/aromatic N) is 2. The van der Waals surface area contributed by atoms with Crippen LogP contribution in [-0.4, -0.2) is 38.3 Å². The molecule has 4 nitrogen and oxygen atoms in total. The Morgan fingerprint density at radius 3 is 2.65 bits per heavy atom. The van der Waals surface area contributed by atoms with E-state index in [1.807, 2.05) is 11.3 Å². The Hall–Kier alpha value is -0.650. The van der Waals surface area contributed by atoms with Crippen molar-refractivity contribution in [2.75, 3.05) is 32.2 Å². The summed E-state index contributed by atoms with van der Waals surface area (Å²) in [5.41, 5.74) is 1.33. The average Bonchev–Trinajstić information content (AvgIpc) is 3.12. The van der Waals surface area contributed by atoms with E-state index in [1.54, 1.807) is 7.11 Å². The molecule has 0 amide bonds. The maximum atomic E-state index is 5.08. The van der Waals surface area contributed by atoms with Gasteiger partial charge >= 0.3 is 0 Å². The molecular weight excluding hydrogens is 270 g/mol. The van der Waals surface area contributed by atoms with E-state index in [4.69, 9.17) is 9.72 Å². The van der Waals surface area contributed by atoms with Gasteiger partial charge in [0.1, 0.15) is 0 Å². The molecule has 1 heterocycles. The number of rotatable bonds is 7. The summed E-state index contributed by atoms with van der Waals surface area (Å²) >= 11 is 1.83. The SMILES string of the molecule is COCCNCc1sc(N(C)C2CC2)nc1C(C)(C)C. The van der Waals surface area contributed by atoms with Crippen LogP contribution >= 0.6 is 11.3 Å². The molecule has 2 rings (SSSR count). The summed E-state index contributed by atoms with van der Waals surface area (Å²) in [6.07, 6.45) is 2.62. The van der Waals surface area contributed by atoms with Gasteiger partial charge < -0.3 is 15.0 Å². The molecule has 5 heteroatoms. The number of hydrogen-bond donors (Lipinski definition) is 1. The molecule has 0 atom stereocenters. The Labute approximate surface area is 126 Å². The molecule has 0 unspecified atom stereocenters. The lowest BCUT2D eigenvalue weighted by molar-refractivity contribution is 0.199. The van der Waals surface area contributed by atoms with Gasteiger partial charge in [0.15, 0.2) is 5.13 Å². The zero-order valence-electron chi connectivity index (χ0n) is 13.3. The van der Waals surface area contributed by atoms with Crippen LogP contribution in [0.3, 0.4) is 0 Å². The fraction of sp³-hybridized carbons (Fsp3) is 0.800. The molecular formula is C15H27N3OS. The smallest absolute Gasteiger partial charge is 0.185 e. The number of hydrogen-bond acceptors (Lipinski definition) is 5.